The molecular weight excluding hydrogens is 232 g/mol. The van der Waals surface area contributed by atoms with Crippen LogP contribution in [-0.2, 0) is 19.0 Å². The minimum atomic E-state index is -1.26. The normalized spacial score (nSPS) is 21.3. The highest BCUT2D eigenvalue weighted by atomic mass is 16.6. The number of rotatable bonds is 3. The Morgan fingerprint density at radius 3 is 2.41 bits per heavy atom. The number of nitrogens with two attached hydrogens (primary N) is 2. The molecule has 0 aromatic heterocycles. The smallest absolute Gasteiger partial charge is 0.412 e. The van der Waals surface area contributed by atoms with Gasteiger partial charge in [0.1, 0.15) is 0 Å². The Morgan fingerprint density at radius 2 is 1.94 bits per heavy atom. The van der Waals surface area contributed by atoms with E-state index in [1.807, 2.05) is 0 Å². The molecule has 2 amide bonds. The summed E-state index contributed by atoms with van der Waals surface area (Å²) in [5.74, 6) is -1.42. The first-order valence-corrected chi connectivity index (χ1v) is 5.05. The molecule has 17 heavy (non-hydrogen) atoms. The van der Waals surface area contributed by atoms with Gasteiger partial charge in [-0.05, 0) is 12.8 Å². The molecule has 0 saturated carbocycles. The quantitative estimate of drug-likeness (QED) is 0.509. The third-order valence-electron chi connectivity index (χ3n) is 2.30. The molecule has 96 valence electrons. The molecule has 1 aliphatic heterocycles. The fourth-order valence-corrected chi connectivity index (χ4v) is 1.62. The topological polar surface area (TPSA) is 131 Å². The molecule has 1 aliphatic rings. The Kier molecular flexibility index (Phi) is 4.70. The lowest BCUT2D eigenvalue weighted by Crippen LogP contribution is -2.42. The number of carbonyl (C=O) groups is 3. The highest BCUT2D eigenvalue weighted by molar-refractivity contribution is 5.87. The van der Waals surface area contributed by atoms with Gasteiger partial charge in [0.2, 0.25) is 6.10 Å². The number of primary amides is 2. The Balaban J connectivity index is 2.67. The number of esters is 1. The summed E-state index contributed by atoms with van der Waals surface area (Å²) in [5, 5.41) is 0. The predicted molar refractivity (Wildman–Crippen MR) is 53.7 cm³/mol. The molecule has 0 bridgehead atoms. The van der Waals surface area contributed by atoms with Crippen molar-refractivity contribution in [2.45, 2.75) is 18.9 Å². The third kappa shape index (κ3) is 4.27. The minimum Gasteiger partial charge on any atom is -0.434 e. The number of ether oxygens (including phenoxy) is 3. The molecule has 1 fully saturated rings. The predicted octanol–water partition coefficient (Wildman–Crippen LogP) is -0.501. The van der Waals surface area contributed by atoms with E-state index >= 15 is 0 Å². The molecule has 1 unspecified atom stereocenters. The summed E-state index contributed by atoms with van der Waals surface area (Å²) in [6.07, 6.45) is -2.33. The molecule has 8 nitrogen and oxygen atoms in total. The Bertz CT molecular complexity index is 313. The van der Waals surface area contributed by atoms with E-state index in [9.17, 15) is 14.4 Å². The zero-order valence-electron chi connectivity index (χ0n) is 9.09. The number of carbonyl (C=O) groups excluding carboxylic acids is 3. The van der Waals surface area contributed by atoms with Crippen LogP contribution in [0.5, 0.6) is 0 Å². The first-order valence-electron chi connectivity index (χ1n) is 5.05. The van der Waals surface area contributed by atoms with Gasteiger partial charge in [0, 0.05) is 12.5 Å². The average Bonchev–Trinajstić information content (AvgIpc) is 2.25. The van der Waals surface area contributed by atoms with Crippen molar-refractivity contribution < 1.29 is 28.6 Å². The number of amides is 2. The molecule has 8 heteroatoms. The molecule has 1 saturated heterocycles. The van der Waals surface area contributed by atoms with Crippen LogP contribution in [0.4, 0.5) is 9.59 Å². The zero-order valence-corrected chi connectivity index (χ0v) is 9.09. The summed E-state index contributed by atoms with van der Waals surface area (Å²) >= 11 is 0. The molecule has 4 N–H and O–H groups in total. The SMILES string of the molecule is NC(=O)OC(=O)C(OC(N)=O)[C@H]1CCCOC1. The van der Waals surface area contributed by atoms with Crippen LogP contribution < -0.4 is 11.5 Å². The van der Waals surface area contributed by atoms with E-state index in [-0.39, 0.29) is 12.5 Å². The average molecular weight is 246 g/mol. The van der Waals surface area contributed by atoms with Gasteiger partial charge in [0.05, 0.1) is 6.61 Å². The van der Waals surface area contributed by atoms with Crippen molar-refractivity contribution in [3.63, 3.8) is 0 Å². The minimum absolute atomic E-state index is 0.228. The lowest BCUT2D eigenvalue weighted by Gasteiger charge is -2.27. The maximum Gasteiger partial charge on any atom is 0.412 e. The van der Waals surface area contributed by atoms with Crippen molar-refractivity contribution in [1.82, 2.24) is 0 Å². The lowest BCUT2D eigenvalue weighted by atomic mass is 9.96. The molecular formula is C9H14N2O6. The van der Waals surface area contributed by atoms with E-state index < -0.39 is 24.3 Å². The lowest BCUT2D eigenvalue weighted by molar-refractivity contribution is -0.152. The van der Waals surface area contributed by atoms with Crippen LogP contribution in [0.3, 0.4) is 0 Å². The molecule has 1 rings (SSSR count). The van der Waals surface area contributed by atoms with Crippen molar-refractivity contribution >= 4 is 18.2 Å². The Morgan fingerprint density at radius 1 is 1.24 bits per heavy atom. The monoisotopic (exact) mass is 246 g/mol. The maximum atomic E-state index is 11.5. The molecule has 0 aliphatic carbocycles. The van der Waals surface area contributed by atoms with E-state index in [4.69, 9.17) is 16.2 Å². The standard InChI is InChI=1S/C9H14N2O6/c10-8(13)16-6(7(12)17-9(11)14)5-2-1-3-15-4-5/h5-6H,1-4H2,(H2,10,13)(H2,11,14)/t5-,6?/m0/s1. The van der Waals surface area contributed by atoms with Crippen molar-refractivity contribution in [3.05, 3.63) is 0 Å². The third-order valence-corrected chi connectivity index (χ3v) is 2.30. The van der Waals surface area contributed by atoms with Gasteiger partial charge in [-0.25, -0.2) is 14.4 Å². The van der Waals surface area contributed by atoms with Crippen LogP contribution in [0.1, 0.15) is 12.8 Å². The number of hydrogen-bond acceptors (Lipinski definition) is 6. The summed E-state index contributed by atoms with van der Waals surface area (Å²) in [6, 6.07) is 0. The van der Waals surface area contributed by atoms with E-state index in [0.717, 1.165) is 0 Å². The Labute approximate surface area is 97.2 Å². The molecule has 0 spiro atoms. The van der Waals surface area contributed by atoms with Crippen LogP contribution in [-0.4, -0.2) is 37.5 Å². The fraction of sp³-hybridized carbons (Fsp3) is 0.667. The highest BCUT2D eigenvalue weighted by Crippen LogP contribution is 2.21. The summed E-state index contributed by atoms with van der Waals surface area (Å²) in [7, 11) is 0. The fourth-order valence-electron chi connectivity index (χ4n) is 1.62. The second kappa shape index (κ2) is 6.04. The summed E-state index contributed by atoms with van der Waals surface area (Å²) < 4.78 is 14.0. The number of hydrogen-bond donors (Lipinski definition) is 2. The largest absolute Gasteiger partial charge is 0.434 e. The van der Waals surface area contributed by atoms with Gasteiger partial charge in [-0.1, -0.05) is 0 Å². The van der Waals surface area contributed by atoms with E-state index in [1.54, 1.807) is 0 Å². The van der Waals surface area contributed by atoms with E-state index in [0.29, 0.717) is 19.4 Å². The first-order chi connectivity index (χ1) is 8.00. The van der Waals surface area contributed by atoms with Crippen LogP contribution >= 0.6 is 0 Å². The van der Waals surface area contributed by atoms with Gasteiger partial charge >= 0.3 is 18.2 Å². The van der Waals surface area contributed by atoms with Gasteiger partial charge in [-0.15, -0.1) is 0 Å². The molecule has 2 atom stereocenters. The second-order valence-electron chi connectivity index (χ2n) is 3.57. The van der Waals surface area contributed by atoms with Gasteiger partial charge in [0.15, 0.2) is 0 Å². The van der Waals surface area contributed by atoms with Crippen molar-refractivity contribution in [1.29, 1.82) is 0 Å². The first kappa shape index (κ1) is 13.2. The second-order valence-corrected chi connectivity index (χ2v) is 3.57. The van der Waals surface area contributed by atoms with Crippen LogP contribution in [0, 0.1) is 5.92 Å². The van der Waals surface area contributed by atoms with Crippen molar-refractivity contribution in [2.24, 2.45) is 17.4 Å². The zero-order chi connectivity index (χ0) is 12.8. The van der Waals surface area contributed by atoms with Crippen molar-refractivity contribution in [2.75, 3.05) is 13.2 Å². The van der Waals surface area contributed by atoms with Crippen LogP contribution in [0.15, 0.2) is 0 Å². The Hall–Kier alpha value is -1.83. The summed E-state index contributed by atoms with van der Waals surface area (Å²) in [4.78, 5) is 32.6. The molecule has 1 heterocycles. The maximum absolute atomic E-state index is 11.5. The van der Waals surface area contributed by atoms with Gasteiger partial charge < -0.3 is 25.7 Å². The van der Waals surface area contributed by atoms with Crippen LogP contribution in [0.2, 0.25) is 0 Å². The summed E-state index contributed by atoms with van der Waals surface area (Å²) in [6.45, 7) is 0.802. The molecule has 0 aromatic rings. The van der Waals surface area contributed by atoms with E-state index in [1.165, 1.54) is 0 Å². The van der Waals surface area contributed by atoms with E-state index in [2.05, 4.69) is 9.47 Å². The van der Waals surface area contributed by atoms with Gasteiger partial charge in [0.25, 0.3) is 0 Å². The molecule has 0 radical (unpaired) electrons. The van der Waals surface area contributed by atoms with Gasteiger partial charge in [-0.3, -0.25) is 0 Å². The van der Waals surface area contributed by atoms with Crippen molar-refractivity contribution in [3.8, 4) is 0 Å². The van der Waals surface area contributed by atoms with Crippen LogP contribution in [0.25, 0.3) is 0 Å². The summed E-state index contributed by atoms with van der Waals surface area (Å²) in [5.41, 5.74) is 9.55. The van der Waals surface area contributed by atoms with Gasteiger partial charge in [-0.2, -0.15) is 0 Å². The molecule has 0 aromatic carbocycles. The highest BCUT2D eigenvalue weighted by Gasteiger charge is 2.35.